The van der Waals surface area contributed by atoms with Crippen LogP contribution in [0, 0.1) is 5.92 Å². The van der Waals surface area contributed by atoms with Crippen molar-refractivity contribution in [3.8, 4) is 0 Å². The highest BCUT2D eigenvalue weighted by molar-refractivity contribution is 5.79. The van der Waals surface area contributed by atoms with E-state index in [1.165, 1.54) is 0 Å². The van der Waals surface area contributed by atoms with Gasteiger partial charge < -0.3 is 10.2 Å². The number of likely N-dealkylation sites (tertiary alicyclic amines) is 1. The highest BCUT2D eigenvalue weighted by atomic mass is 16.2. The summed E-state index contributed by atoms with van der Waals surface area (Å²) in [7, 11) is 0. The topological polar surface area (TPSA) is 49.4 Å². The Morgan fingerprint density at radius 2 is 1.40 bits per heavy atom. The molecule has 0 aromatic heterocycles. The van der Waals surface area contributed by atoms with Crippen molar-refractivity contribution >= 4 is 11.8 Å². The summed E-state index contributed by atoms with van der Waals surface area (Å²) in [4.78, 5) is 26.1. The molecule has 2 aromatic carbocycles. The Kier molecular flexibility index (Phi) is 5.49. The van der Waals surface area contributed by atoms with Gasteiger partial charge in [-0.25, -0.2) is 4.79 Å². The Bertz CT molecular complexity index is 668. The molecule has 25 heavy (non-hydrogen) atoms. The minimum absolute atomic E-state index is 0.0697. The summed E-state index contributed by atoms with van der Waals surface area (Å²) in [5, 5.41) is 3.17. The molecule has 0 aliphatic carbocycles. The van der Waals surface area contributed by atoms with Crippen molar-refractivity contribution in [3.05, 3.63) is 71.8 Å². The fraction of sp³-hybridized carbons (Fsp3) is 0.333. The van der Waals surface area contributed by atoms with E-state index >= 15 is 0 Å². The van der Waals surface area contributed by atoms with Gasteiger partial charge in [-0.1, -0.05) is 60.7 Å². The van der Waals surface area contributed by atoms with Crippen LogP contribution in [0.3, 0.4) is 0 Å². The van der Waals surface area contributed by atoms with Crippen LogP contribution in [-0.4, -0.2) is 29.8 Å². The van der Waals surface area contributed by atoms with Crippen LogP contribution in [0.2, 0.25) is 0 Å². The molecule has 0 saturated carbocycles. The lowest BCUT2D eigenvalue weighted by atomic mass is 9.93. The highest BCUT2D eigenvalue weighted by Crippen LogP contribution is 2.23. The van der Waals surface area contributed by atoms with E-state index in [0.717, 1.165) is 24.0 Å². The average molecular weight is 336 g/mol. The number of piperidine rings is 1. The zero-order chi connectivity index (χ0) is 17.6. The summed E-state index contributed by atoms with van der Waals surface area (Å²) in [5.74, 6) is 0.328. The second kappa shape index (κ2) is 7.97. The predicted octanol–water partition coefficient (Wildman–Crippen LogP) is 3.79. The molecule has 130 valence electrons. The summed E-state index contributed by atoms with van der Waals surface area (Å²) in [5.41, 5.74) is 2.11. The Balaban J connectivity index is 1.73. The number of nitrogens with one attached hydrogen (secondary N) is 1. The lowest BCUT2D eigenvalue weighted by molar-refractivity contribution is -0.121. The largest absolute Gasteiger partial charge is 0.327 e. The maximum atomic E-state index is 12.8. The van der Waals surface area contributed by atoms with Crippen LogP contribution < -0.4 is 5.32 Å². The molecule has 1 aliphatic heterocycles. The molecule has 1 fully saturated rings. The third kappa shape index (κ3) is 4.27. The number of hydrogen-bond donors (Lipinski definition) is 1. The van der Waals surface area contributed by atoms with E-state index in [9.17, 15) is 9.59 Å². The number of benzene rings is 2. The van der Waals surface area contributed by atoms with Crippen molar-refractivity contribution in [2.45, 2.75) is 25.8 Å². The van der Waals surface area contributed by atoms with Gasteiger partial charge >= 0.3 is 6.03 Å². The number of Topliss-reactive ketones (excluding diaryl/α,β-unsaturated/α-hetero) is 1. The number of hydrogen-bond acceptors (Lipinski definition) is 2. The number of carbonyl (C=O) groups excluding carboxylic acids is 2. The first kappa shape index (κ1) is 17.2. The summed E-state index contributed by atoms with van der Waals surface area (Å²) in [6.07, 6.45) is 1.51. The van der Waals surface area contributed by atoms with Crippen molar-refractivity contribution in [2.75, 3.05) is 13.1 Å². The van der Waals surface area contributed by atoms with Gasteiger partial charge in [0.2, 0.25) is 0 Å². The number of carbonyl (C=O) groups is 2. The maximum Gasteiger partial charge on any atom is 0.318 e. The second-order valence-corrected chi connectivity index (χ2v) is 6.58. The van der Waals surface area contributed by atoms with Crippen LogP contribution in [0.25, 0.3) is 0 Å². The summed E-state index contributed by atoms with van der Waals surface area (Å²) >= 11 is 0. The molecule has 1 N–H and O–H groups in total. The molecular formula is C21H24N2O2. The molecule has 0 spiro atoms. The molecule has 0 atom stereocenters. The highest BCUT2D eigenvalue weighted by Gasteiger charge is 2.27. The quantitative estimate of drug-likeness (QED) is 0.923. The number of nitrogens with zero attached hydrogens (tertiary/aromatic N) is 1. The van der Waals surface area contributed by atoms with E-state index in [1.54, 1.807) is 6.92 Å². The van der Waals surface area contributed by atoms with Crippen LogP contribution >= 0.6 is 0 Å². The first-order valence-corrected chi connectivity index (χ1v) is 8.81. The normalized spacial score (nSPS) is 15.2. The van der Waals surface area contributed by atoms with Gasteiger partial charge in [0.25, 0.3) is 0 Å². The van der Waals surface area contributed by atoms with Gasteiger partial charge in [0, 0.05) is 19.0 Å². The molecule has 3 rings (SSSR count). The maximum absolute atomic E-state index is 12.8. The van der Waals surface area contributed by atoms with Gasteiger partial charge in [0.15, 0.2) is 0 Å². The molecule has 2 amide bonds. The lowest BCUT2D eigenvalue weighted by Crippen LogP contribution is -2.46. The molecule has 1 heterocycles. The third-order valence-electron chi connectivity index (χ3n) is 4.89. The van der Waals surface area contributed by atoms with Crippen LogP contribution in [0.15, 0.2) is 60.7 Å². The minimum Gasteiger partial charge on any atom is -0.327 e. The van der Waals surface area contributed by atoms with Crippen molar-refractivity contribution in [1.82, 2.24) is 10.2 Å². The molecule has 1 aliphatic rings. The number of rotatable bonds is 4. The zero-order valence-electron chi connectivity index (χ0n) is 14.5. The first-order chi connectivity index (χ1) is 12.1. The van der Waals surface area contributed by atoms with Crippen molar-refractivity contribution in [3.63, 3.8) is 0 Å². The van der Waals surface area contributed by atoms with Crippen molar-refractivity contribution in [1.29, 1.82) is 0 Å². The van der Waals surface area contributed by atoms with Crippen LogP contribution in [0.1, 0.15) is 36.9 Å². The SMILES string of the molecule is CC(=O)C1CCN(C(=O)NC(c2ccccc2)c2ccccc2)CC1. The van der Waals surface area contributed by atoms with E-state index in [-0.39, 0.29) is 23.8 Å². The van der Waals surface area contributed by atoms with Gasteiger partial charge in [-0.3, -0.25) is 4.79 Å². The van der Waals surface area contributed by atoms with E-state index in [0.29, 0.717) is 13.1 Å². The second-order valence-electron chi connectivity index (χ2n) is 6.58. The van der Waals surface area contributed by atoms with Gasteiger partial charge in [0.1, 0.15) is 5.78 Å². The lowest BCUT2D eigenvalue weighted by Gasteiger charge is -2.32. The molecule has 2 aromatic rings. The minimum atomic E-state index is -0.180. The Labute approximate surface area is 148 Å². The fourth-order valence-corrected chi connectivity index (χ4v) is 3.35. The average Bonchev–Trinajstić information content (AvgIpc) is 2.67. The van der Waals surface area contributed by atoms with Crippen molar-refractivity contribution in [2.24, 2.45) is 5.92 Å². The third-order valence-corrected chi connectivity index (χ3v) is 4.89. The molecule has 0 unspecified atom stereocenters. The summed E-state index contributed by atoms with van der Waals surface area (Å²) < 4.78 is 0. The first-order valence-electron chi connectivity index (χ1n) is 8.81. The Morgan fingerprint density at radius 3 is 1.84 bits per heavy atom. The molecule has 0 bridgehead atoms. The molecule has 0 radical (unpaired) electrons. The van der Waals surface area contributed by atoms with Gasteiger partial charge in [-0.2, -0.15) is 0 Å². The van der Waals surface area contributed by atoms with Gasteiger partial charge in [0.05, 0.1) is 6.04 Å². The van der Waals surface area contributed by atoms with Crippen LogP contribution in [-0.2, 0) is 4.79 Å². The van der Waals surface area contributed by atoms with Gasteiger partial charge in [-0.05, 0) is 30.9 Å². The monoisotopic (exact) mass is 336 g/mol. The predicted molar refractivity (Wildman–Crippen MR) is 98.2 cm³/mol. The smallest absolute Gasteiger partial charge is 0.318 e. The van der Waals surface area contributed by atoms with E-state index < -0.39 is 0 Å². The Morgan fingerprint density at radius 1 is 0.920 bits per heavy atom. The molecule has 1 saturated heterocycles. The molecule has 4 nitrogen and oxygen atoms in total. The number of ketones is 1. The zero-order valence-corrected chi connectivity index (χ0v) is 14.5. The fourth-order valence-electron chi connectivity index (χ4n) is 3.35. The van der Waals surface area contributed by atoms with E-state index in [1.807, 2.05) is 65.6 Å². The summed E-state index contributed by atoms with van der Waals surface area (Å²) in [6, 6.07) is 19.7. The van der Waals surface area contributed by atoms with Crippen LogP contribution in [0.4, 0.5) is 4.79 Å². The van der Waals surface area contributed by atoms with Crippen LogP contribution in [0.5, 0.6) is 0 Å². The van der Waals surface area contributed by atoms with E-state index in [4.69, 9.17) is 0 Å². The standard InChI is InChI=1S/C21H24N2O2/c1-16(24)17-12-14-23(15-13-17)21(25)22-20(18-8-4-2-5-9-18)19-10-6-3-7-11-19/h2-11,17,20H,12-15H2,1H3,(H,22,25). The number of urea groups is 1. The number of amides is 2. The summed E-state index contributed by atoms with van der Waals surface area (Å²) in [6.45, 7) is 2.90. The Hall–Kier alpha value is -2.62. The van der Waals surface area contributed by atoms with Crippen molar-refractivity contribution < 1.29 is 9.59 Å². The molecular weight excluding hydrogens is 312 g/mol. The molecule has 4 heteroatoms. The van der Waals surface area contributed by atoms with E-state index in [2.05, 4.69) is 5.32 Å². The van der Waals surface area contributed by atoms with Gasteiger partial charge in [-0.15, -0.1) is 0 Å².